The second-order valence-electron chi connectivity index (χ2n) is 5.68. The Kier molecular flexibility index (Phi) is 2.84. The zero-order valence-corrected chi connectivity index (χ0v) is 13.3. The van der Waals surface area contributed by atoms with Gasteiger partial charge in [0.05, 0.1) is 17.3 Å². The van der Waals surface area contributed by atoms with Crippen molar-refractivity contribution in [2.24, 2.45) is 0 Å². The topological polar surface area (TPSA) is 38.9 Å². The van der Waals surface area contributed by atoms with E-state index in [1.807, 2.05) is 42.5 Å². The van der Waals surface area contributed by atoms with Crippen LogP contribution in [-0.2, 0) is 0 Å². The Balaban J connectivity index is 1.80. The molecule has 114 valence electrons. The molecule has 24 heavy (non-hydrogen) atoms. The van der Waals surface area contributed by atoms with Gasteiger partial charge in [-0.05, 0) is 29.0 Å². The Labute approximate surface area is 142 Å². The zero-order chi connectivity index (χ0) is 16.1. The molecule has 0 bridgehead atoms. The summed E-state index contributed by atoms with van der Waals surface area (Å²) in [6.07, 6.45) is 1.78. The number of hydrogen-bond acceptors (Lipinski definition) is 3. The number of rotatable bonds is 1. The van der Waals surface area contributed by atoms with E-state index in [1.165, 1.54) is 0 Å². The molecule has 0 fully saturated rings. The summed E-state index contributed by atoms with van der Waals surface area (Å²) in [7, 11) is 0. The van der Waals surface area contributed by atoms with E-state index >= 15 is 0 Å². The summed E-state index contributed by atoms with van der Waals surface area (Å²) in [4.78, 5) is 9.28. The molecule has 0 unspecified atom stereocenters. The molecule has 0 N–H and O–H groups in total. The molecule has 2 heterocycles. The highest BCUT2D eigenvalue weighted by Crippen LogP contribution is 2.33. The van der Waals surface area contributed by atoms with Crippen LogP contribution >= 0.6 is 11.6 Å². The molecule has 5 aromatic rings. The molecule has 0 saturated carbocycles. The first kappa shape index (κ1) is 13.5. The van der Waals surface area contributed by atoms with Crippen molar-refractivity contribution in [3.63, 3.8) is 0 Å². The zero-order valence-electron chi connectivity index (χ0n) is 12.5. The third kappa shape index (κ3) is 1.99. The predicted octanol–water partition coefficient (Wildman–Crippen LogP) is 5.85. The summed E-state index contributed by atoms with van der Waals surface area (Å²) >= 11 is 5.95. The maximum absolute atomic E-state index is 5.95. The number of aromatic nitrogens is 2. The highest BCUT2D eigenvalue weighted by atomic mass is 35.5. The van der Waals surface area contributed by atoms with Gasteiger partial charge in [-0.1, -0.05) is 54.1 Å². The van der Waals surface area contributed by atoms with Crippen LogP contribution in [0.3, 0.4) is 0 Å². The molecule has 0 radical (unpaired) electrons. The molecule has 2 aromatic heterocycles. The van der Waals surface area contributed by atoms with Gasteiger partial charge in [-0.3, -0.25) is 0 Å². The average molecular weight is 331 g/mol. The summed E-state index contributed by atoms with van der Waals surface area (Å²) in [5.74, 6) is 0. The molecule has 0 aliphatic carbocycles. The molecule has 0 aliphatic heterocycles. The van der Waals surface area contributed by atoms with Gasteiger partial charge in [0.15, 0.2) is 0 Å². The van der Waals surface area contributed by atoms with E-state index < -0.39 is 0 Å². The molecule has 4 heteroatoms. The van der Waals surface area contributed by atoms with Gasteiger partial charge in [0, 0.05) is 10.6 Å². The van der Waals surface area contributed by atoms with Gasteiger partial charge in [-0.2, -0.15) is 0 Å². The van der Waals surface area contributed by atoms with Crippen molar-refractivity contribution >= 4 is 44.6 Å². The van der Waals surface area contributed by atoms with E-state index in [9.17, 15) is 0 Å². The van der Waals surface area contributed by atoms with Crippen LogP contribution in [-0.4, -0.2) is 9.97 Å². The van der Waals surface area contributed by atoms with Crippen LogP contribution in [0.5, 0.6) is 0 Å². The van der Waals surface area contributed by atoms with E-state index in [-0.39, 0.29) is 0 Å². The number of furan rings is 1. The standard InChI is InChI=1S/C20H11ClN2O/c21-14-8-5-13(6-9-14)16-11-22-19-18-15-4-2-1-3-12(15)7-10-17(18)24-20(19)23-16/h1-11H. The molecule has 0 amide bonds. The van der Waals surface area contributed by atoms with Gasteiger partial charge in [-0.15, -0.1) is 0 Å². The summed E-state index contributed by atoms with van der Waals surface area (Å²) in [6, 6.07) is 19.8. The van der Waals surface area contributed by atoms with Crippen molar-refractivity contribution in [3.05, 3.63) is 71.9 Å². The molecule has 0 saturated heterocycles. The summed E-state index contributed by atoms with van der Waals surface area (Å²) in [5.41, 5.74) is 3.87. The molecule has 3 aromatic carbocycles. The lowest BCUT2D eigenvalue weighted by Gasteiger charge is -2.00. The smallest absolute Gasteiger partial charge is 0.246 e. The molecular formula is C20H11ClN2O. The van der Waals surface area contributed by atoms with Crippen LogP contribution in [0.25, 0.3) is 44.2 Å². The van der Waals surface area contributed by atoms with Gasteiger partial charge in [0.2, 0.25) is 5.71 Å². The molecular weight excluding hydrogens is 320 g/mol. The lowest BCUT2D eigenvalue weighted by Crippen LogP contribution is -1.86. The predicted molar refractivity (Wildman–Crippen MR) is 97.3 cm³/mol. The molecule has 0 aliphatic rings. The molecule has 3 nitrogen and oxygen atoms in total. The largest absolute Gasteiger partial charge is 0.436 e. The van der Waals surface area contributed by atoms with E-state index in [0.717, 1.165) is 38.5 Å². The van der Waals surface area contributed by atoms with Crippen LogP contribution in [0, 0.1) is 0 Å². The maximum Gasteiger partial charge on any atom is 0.246 e. The highest BCUT2D eigenvalue weighted by Gasteiger charge is 2.13. The number of nitrogens with zero attached hydrogens (tertiary/aromatic N) is 2. The number of benzene rings is 3. The van der Waals surface area contributed by atoms with Crippen molar-refractivity contribution < 1.29 is 4.42 Å². The van der Waals surface area contributed by atoms with Gasteiger partial charge >= 0.3 is 0 Å². The van der Waals surface area contributed by atoms with Gasteiger partial charge in [0.1, 0.15) is 11.1 Å². The Morgan fingerprint density at radius 1 is 0.875 bits per heavy atom. The number of halogens is 1. The Hall–Kier alpha value is -2.91. The molecule has 0 atom stereocenters. The van der Waals surface area contributed by atoms with Crippen molar-refractivity contribution in [1.29, 1.82) is 0 Å². The van der Waals surface area contributed by atoms with Crippen molar-refractivity contribution in [1.82, 2.24) is 9.97 Å². The van der Waals surface area contributed by atoms with E-state index in [2.05, 4.69) is 28.2 Å². The van der Waals surface area contributed by atoms with Crippen LogP contribution < -0.4 is 0 Å². The summed E-state index contributed by atoms with van der Waals surface area (Å²) in [5, 5.41) is 4.00. The van der Waals surface area contributed by atoms with Crippen molar-refractivity contribution in [2.45, 2.75) is 0 Å². The van der Waals surface area contributed by atoms with Crippen LogP contribution in [0.1, 0.15) is 0 Å². The first-order valence-corrected chi connectivity index (χ1v) is 8.00. The van der Waals surface area contributed by atoms with Crippen molar-refractivity contribution in [2.75, 3.05) is 0 Å². The lowest BCUT2D eigenvalue weighted by atomic mass is 10.1. The minimum Gasteiger partial charge on any atom is -0.436 e. The third-order valence-electron chi connectivity index (χ3n) is 4.21. The fraction of sp³-hybridized carbons (Fsp3) is 0. The SMILES string of the molecule is Clc1ccc(-c2cnc3c(n2)oc2ccc4ccccc4c23)cc1. The Morgan fingerprint density at radius 3 is 2.58 bits per heavy atom. The second-order valence-corrected chi connectivity index (χ2v) is 6.11. The third-order valence-corrected chi connectivity index (χ3v) is 4.47. The highest BCUT2D eigenvalue weighted by molar-refractivity contribution is 6.30. The maximum atomic E-state index is 5.95. The summed E-state index contributed by atoms with van der Waals surface area (Å²) in [6.45, 7) is 0. The first-order valence-electron chi connectivity index (χ1n) is 7.62. The lowest BCUT2D eigenvalue weighted by molar-refractivity contribution is 0.654. The first-order chi connectivity index (χ1) is 11.8. The fourth-order valence-electron chi connectivity index (χ4n) is 3.06. The minimum atomic E-state index is 0.550. The second kappa shape index (κ2) is 5.05. The Morgan fingerprint density at radius 2 is 1.71 bits per heavy atom. The fourth-order valence-corrected chi connectivity index (χ4v) is 3.19. The van der Waals surface area contributed by atoms with E-state index in [1.54, 1.807) is 6.20 Å². The van der Waals surface area contributed by atoms with Gasteiger partial charge in [-0.25, -0.2) is 9.97 Å². The monoisotopic (exact) mass is 330 g/mol. The average Bonchev–Trinajstić information content (AvgIpc) is 3.00. The van der Waals surface area contributed by atoms with Crippen molar-refractivity contribution in [3.8, 4) is 11.3 Å². The van der Waals surface area contributed by atoms with E-state index in [0.29, 0.717) is 10.7 Å². The number of hydrogen-bond donors (Lipinski definition) is 0. The minimum absolute atomic E-state index is 0.550. The van der Waals surface area contributed by atoms with Gasteiger partial charge < -0.3 is 4.42 Å². The van der Waals surface area contributed by atoms with Gasteiger partial charge in [0.25, 0.3) is 0 Å². The quantitative estimate of drug-likeness (QED) is 0.387. The van der Waals surface area contributed by atoms with Crippen LogP contribution in [0.15, 0.2) is 71.3 Å². The summed E-state index contributed by atoms with van der Waals surface area (Å²) < 4.78 is 5.95. The van der Waals surface area contributed by atoms with Crippen LogP contribution in [0.2, 0.25) is 5.02 Å². The van der Waals surface area contributed by atoms with Crippen LogP contribution in [0.4, 0.5) is 0 Å². The van der Waals surface area contributed by atoms with E-state index in [4.69, 9.17) is 16.0 Å². The Bertz CT molecular complexity index is 1210. The molecule has 5 rings (SSSR count). The number of fused-ring (bicyclic) bond motifs is 5. The normalized spacial score (nSPS) is 11.5. The molecule has 0 spiro atoms.